The summed E-state index contributed by atoms with van der Waals surface area (Å²) in [7, 11) is 0. The molecule has 3 saturated carbocycles. The van der Waals surface area contributed by atoms with Crippen molar-refractivity contribution in [1.82, 2.24) is 0 Å². The normalized spacial score (nSPS) is 42.3. The zero-order chi connectivity index (χ0) is 24.0. The van der Waals surface area contributed by atoms with Gasteiger partial charge in [0.1, 0.15) is 6.10 Å². The first-order chi connectivity index (χ1) is 15.6. The van der Waals surface area contributed by atoms with Crippen molar-refractivity contribution in [2.75, 3.05) is 0 Å². The van der Waals surface area contributed by atoms with Gasteiger partial charge in [-0.15, -0.1) is 0 Å². The molecule has 2 nitrogen and oxygen atoms in total. The van der Waals surface area contributed by atoms with Gasteiger partial charge in [-0.3, -0.25) is 0 Å². The van der Waals surface area contributed by atoms with Crippen LogP contribution < -0.4 is 0 Å². The molecule has 4 rings (SSSR count). The Morgan fingerprint density at radius 1 is 1.12 bits per heavy atom. The molecule has 3 fully saturated rings. The van der Waals surface area contributed by atoms with Gasteiger partial charge in [0, 0.05) is 18.0 Å². The smallest absolute Gasteiger partial charge is 0.404 e. The molecule has 0 N–H and O–H groups in total. The van der Waals surface area contributed by atoms with E-state index in [0.717, 1.165) is 48.9 Å². The highest BCUT2D eigenvalue weighted by Crippen LogP contribution is 2.67. The number of halogens is 1. The number of carbonyl (C=O) groups is 1. The second-order valence-corrected chi connectivity index (χ2v) is 13.1. The predicted octanol–water partition coefficient (Wildman–Crippen LogP) is 9.18. The molecule has 4 aliphatic carbocycles. The maximum Gasteiger partial charge on any atom is 0.404 e. The van der Waals surface area contributed by atoms with Gasteiger partial charge in [-0.05, 0) is 104 Å². The topological polar surface area (TPSA) is 26.3 Å². The van der Waals surface area contributed by atoms with Crippen molar-refractivity contribution >= 4 is 17.0 Å². The van der Waals surface area contributed by atoms with Gasteiger partial charge >= 0.3 is 5.43 Å². The van der Waals surface area contributed by atoms with Gasteiger partial charge in [-0.25, -0.2) is 4.79 Å². The molecule has 0 aromatic carbocycles. The van der Waals surface area contributed by atoms with E-state index < -0.39 is 5.43 Å². The summed E-state index contributed by atoms with van der Waals surface area (Å²) in [6, 6.07) is 0. The van der Waals surface area contributed by atoms with Crippen molar-refractivity contribution in [2.24, 2.45) is 52.3 Å². The van der Waals surface area contributed by atoms with Crippen LogP contribution in [-0.4, -0.2) is 11.5 Å². The fourth-order valence-electron chi connectivity index (χ4n) is 9.05. The minimum Gasteiger partial charge on any atom is -0.450 e. The van der Waals surface area contributed by atoms with Crippen LogP contribution in [0.2, 0.25) is 0 Å². The van der Waals surface area contributed by atoms with E-state index in [0.29, 0.717) is 17.3 Å². The largest absolute Gasteiger partial charge is 0.450 e. The van der Waals surface area contributed by atoms with E-state index in [1.807, 2.05) is 0 Å². The molecule has 0 spiro atoms. The lowest BCUT2D eigenvalue weighted by Gasteiger charge is -2.58. The average molecular weight is 475 g/mol. The Morgan fingerprint density at radius 3 is 2.55 bits per heavy atom. The fourth-order valence-corrected chi connectivity index (χ4v) is 9.17. The van der Waals surface area contributed by atoms with Crippen LogP contribution in [0.3, 0.4) is 0 Å². The highest BCUT2D eigenvalue weighted by Gasteiger charge is 2.59. The number of allylic oxidation sites excluding steroid dienone is 3. The molecule has 4 aliphatic rings. The van der Waals surface area contributed by atoms with Gasteiger partial charge in [0.25, 0.3) is 0 Å². The molecule has 0 radical (unpaired) electrons. The van der Waals surface area contributed by atoms with E-state index in [2.05, 4.69) is 59.8 Å². The maximum absolute atomic E-state index is 11.3. The van der Waals surface area contributed by atoms with Crippen molar-refractivity contribution in [2.45, 2.75) is 105 Å². The van der Waals surface area contributed by atoms with Crippen LogP contribution in [0.4, 0.5) is 4.79 Å². The summed E-state index contributed by atoms with van der Waals surface area (Å²) in [6.45, 7) is 14.7. The Bertz CT molecular complexity index is 784. The first-order valence-corrected chi connectivity index (χ1v) is 14.2. The molecule has 0 amide bonds. The Kier molecular flexibility index (Phi) is 7.46. The number of carbonyl (C=O) groups excluding carboxylic acids is 1. The van der Waals surface area contributed by atoms with Crippen LogP contribution in [0.1, 0.15) is 99.3 Å². The van der Waals surface area contributed by atoms with Gasteiger partial charge in [0.15, 0.2) is 0 Å². The molecule has 0 aromatic rings. The highest BCUT2D eigenvalue weighted by atomic mass is 35.5. The van der Waals surface area contributed by atoms with Crippen LogP contribution in [0.15, 0.2) is 23.8 Å². The summed E-state index contributed by atoms with van der Waals surface area (Å²) in [5.41, 5.74) is 1.67. The standard InChI is InChI=1S/C30H47ClO2/c1-7-21(19(2)3)9-8-20(4)25-12-13-26-24-11-10-22-18-23(33-28(31)32)14-16-29(22,5)27(24)15-17-30(25,26)6/h8-10,19-21,23-27H,7,11-18H2,1-6H3/b9-8-/t20-,21+,23+,24-,25+,26-,27-,29+,30-/m1/s1. The molecule has 9 atom stereocenters. The summed E-state index contributed by atoms with van der Waals surface area (Å²) in [4.78, 5) is 11.3. The van der Waals surface area contributed by atoms with Gasteiger partial charge in [-0.2, -0.15) is 0 Å². The third kappa shape index (κ3) is 4.60. The van der Waals surface area contributed by atoms with Crippen molar-refractivity contribution in [3.8, 4) is 0 Å². The average Bonchev–Trinajstić information content (AvgIpc) is 3.11. The quantitative estimate of drug-likeness (QED) is 0.283. The zero-order valence-corrected chi connectivity index (χ0v) is 22.7. The molecule has 0 unspecified atom stereocenters. The SMILES string of the molecule is CC[C@@H](/C=C\[C@@H](C)[C@@H]1CC[C@@H]2[C@H]3CC=C4C[C@@H](OC(=O)Cl)CC[C@]4(C)[C@@H]3CC[C@@]21C)C(C)C. The monoisotopic (exact) mass is 474 g/mol. The fraction of sp³-hybridized carbons (Fsp3) is 0.833. The number of fused-ring (bicyclic) bond motifs is 5. The van der Waals surface area contributed by atoms with E-state index in [1.165, 1.54) is 38.5 Å². The highest BCUT2D eigenvalue weighted by molar-refractivity contribution is 6.61. The Labute approximate surface area is 207 Å². The van der Waals surface area contributed by atoms with Crippen molar-refractivity contribution in [1.29, 1.82) is 0 Å². The maximum atomic E-state index is 11.3. The van der Waals surface area contributed by atoms with Gasteiger partial charge in [-0.1, -0.05) is 65.3 Å². The summed E-state index contributed by atoms with van der Waals surface area (Å²) in [5.74, 6) is 5.41. The number of hydrogen-bond donors (Lipinski definition) is 0. The number of ether oxygens (including phenoxy) is 1. The minimum absolute atomic E-state index is 0.0268. The van der Waals surface area contributed by atoms with E-state index in [4.69, 9.17) is 16.3 Å². The molecule has 3 heteroatoms. The van der Waals surface area contributed by atoms with Crippen LogP contribution in [0.25, 0.3) is 0 Å². The van der Waals surface area contributed by atoms with E-state index in [-0.39, 0.29) is 11.5 Å². The van der Waals surface area contributed by atoms with E-state index >= 15 is 0 Å². The van der Waals surface area contributed by atoms with Crippen molar-refractivity contribution < 1.29 is 9.53 Å². The Morgan fingerprint density at radius 2 is 1.88 bits per heavy atom. The molecular weight excluding hydrogens is 428 g/mol. The summed E-state index contributed by atoms with van der Waals surface area (Å²) < 4.78 is 5.39. The minimum atomic E-state index is -0.648. The third-order valence-corrected chi connectivity index (χ3v) is 11.1. The molecule has 33 heavy (non-hydrogen) atoms. The second kappa shape index (κ2) is 9.71. The van der Waals surface area contributed by atoms with Crippen molar-refractivity contribution in [3.63, 3.8) is 0 Å². The lowest BCUT2D eigenvalue weighted by Crippen LogP contribution is -2.51. The summed E-state index contributed by atoms with van der Waals surface area (Å²) in [6.07, 6.45) is 18.6. The van der Waals surface area contributed by atoms with E-state index in [1.54, 1.807) is 5.57 Å². The van der Waals surface area contributed by atoms with E-state index in [9.17, 15) is 4.79 Å². The first-order valence-electron chi connectivity index (χ1n) is 13.8. The van der Waals surface area contributed by atoms with Crippen LogP contribution >= 0.6 is 11.6 Å². The third-order valence-electron chi connectivity index (χ3n) is 11.0. The first kappa shape index (κ1) is 25.3. The Balaban J connectivity index is 1.49. The summed E-state index contributed by atoms with van der Waals surface area (Å²) >= 11 is 5.52. The number of hydrogen-bond acceptors (Lipinski definition) is 2. The summed E-state index contributed by atoms with van der Waals surface area (Å²) in [5, 5.41) is 0. The van der Waals surface area contributed by atoms with Crippen LogP contribution in [0.5, 0.6) is 0 Å². The molecule has 0 saturated heterocycles. The predicted molar refractivity (Wildman–Crippen MR) is 138 cm³/mol. The lowest BCUT2D eigenvalue weighted by molar-refractivity contribution is -0.0541. The molecular formula is C30H47ClO2. The van der Waals surface area contributed by atoms with Crippen molar-refractivity contribution in [3.05, 3.63) is 23.8 Å². The van der Waals surface area contributed by atoms with Crippen LogP contribution in [-0.2, 0) is 4.74 Å². The lowest BCUT2D eigenvalue weighted by atomic mass is 9.47. The van der Waals surface area contributed by atoms with Gasteiger partial charge in [0.05, 0.1) is 0 Å². The molecule has 0 heterocycles. The zero-order valence-electron chi connectivity index (χ0n) is 21.9. The molecule has 0 bridgehead atoms. The molecule has 0 aromatic heterocycles. The molecule has 186 valence electrons. The van der Waals surface area contributed by atoms with Crippen LogP contribution in [0, 0.1) is 52.3 Å². The Hall–Kier alpha value is -0.760. The second-order valence-electron chi connectivity index (χ2n) is 12.8. The van der Waals surface area contributed by atoms with Gasteiger partial charge in [0.2, 0.25) is 0 Å². The molecule has 0 aliphatic heterocycles. The van der Waals surface area contributed by atoms with Gasteiger partial charge < -0.3 is 4.74 Å². The number of rotatable bonds is 6.